The fraction of sp³-hybridized carbons (Fsp3) is 0.703. The van der Waals surface area contributed by atoms with Crippen molar-refractivity contribution in [1.29, 1.82) is 0 Å². The number of hydrogen-bond donors (Lipinski definition) is 5. The Bertz CT molecular complexity index is 1390. The second-order valence-corrected chi connectivity index (χ2v) is 12.6. The molecule has 0 aliphatic carbocycles. The lowest BCUT2D eigenvalue weighted by molar-refractivity contribution is -0.136. The number of rotatable bonds is 35. The van der Waals surface area contributed by atoms with E-state index in [4.69, 9.17) is 53.1 Å². The van der Waals surface area contributed by atoms with Gasteiger partial charge < -0.3 is 68.6 Å². The number of fused-ring (bicyclic) bond motifs is 1. The van der Waals surface area contributed by atoms with Crippen LogP contribution in [0.15, 0.2) is 18.2 Å². The van der Waals surface area contributed by atoms with Crippen molar-refractivity contribution in [2.75, 3.05) is 139 Å². The highest BCUT2D eigenvalue weighted by molar-refractivity contribution is 6.24. The number of imide groups is 2. The van der Waals surface area contributed by atoms with Crippen molar-refractivity contribution in [2.24, 2.45) is 5.73 Å². The van der Waals surface area contributed by atoms with Gasteiger partial charge in [0.05, 0.1) is 130 Å². The first-order chi connectivity index (χ1) is 28.2. The zero-order valence-corrected chi connectivity index (χ0v) is 32.8. The summed E-state index contributed by atoms with van der Waals surface area (Å²) in [4.78, 5) is 63.1. The molecule has 1 aromatic carbocycles. The fourth-order valence-corrected chi connectivity index (χ4v) is 5.31. The number of aliphatic hydroxyl groups is 2. The average molecular weight is 831 g/mol. The third kappa shape index (κ3) is 18.5. The highest BCUT2D eigenvalue weighted by atomic mass is 16.6. The van der Waals surface area contributed by atoms with E-state index in [-0.39, 0.29) is 69.3 Å². The zero-order chi connectivity index (χ0) is 41.8. The SMILES string of the molecule is NCCOCCOCCOCCOCCOCCOCCOCCOCC(O)C(O)COCCNC(=O)COc1cccc2c1C(=O)N(C1CCC(=O)NC1=O)C2=O. The minimum absolute atomic E-state index is 0.00789. The van der Waals surface area contributed by atoms with Gasteiger partial charge in [-0.2, -0.15) is 0 Å². The number of carbonyl (C=O) groups is 5. The molecule has 3 atom stereocenters. The van der Waals surface area contributed by atoms with Gasteiger partial charge in [-0.15, -0.1) is 0 Å². The van der Waals surface area contributed by atoms with Gasteiger partial charge in [0.15, 0.2) is 6.61 Å². The molecule has 1 fully saturated rings. The topological polar surface area (TPSA) is 271 Å². The number of carbonyl (C=O) groups excluding carboxylic acids is 5. The maximum Gasteiger partial charge on any atom is 0.266 e. The smallest absolute Gasteiger partial charge is 0.266 e. The summed E-state index contributed by atoms with van der Waals surface area (Å²) in [6, 6.07) is 3.20. The van der Waals surface area contributed by atoms with Crippen LogP contribution in [-0.2, 0) is 57.0 Å². The lowest BCUT2D eigenvalue weighted by Crippen LogP contribution is -2.54. The molecule has 2 heterocycles. The lowest BCUT2D eigenvalue weighted by atomic mass is 10.0. The van der Waals surface area contributed by atoms with Crippen LogP contribution in [0.2, 0.25) is 0 Å². The minimum Gasteiger partial charge on any atom is -0.483 e. The van der Waals surface area contributed by atoms with Crippen LogP contribution in [0.25, 0.3) is 0 Å². The number of nitrogens with one attached hydrogen (secondary N) is 2. The number of nitrogens with two attached hydrogens (primary N) is 1. The number of benzene rings is 1. The van der Waals surface area contributed by atoms with Crippen LogP contribution in [0.3, 0.4) is 0 Å². The predicted octanol–water partition coefficient (Wildman–Crippen LogP) is -2.59. The first-order valence-electron chi connectivity index (χ1n) is 19.2. The summed E-state index contributed by atoms with van der Waals surface area (Å²) in [5, 5.41) is 24.9. The number of hydrogen-bond acceptors (Lipinski definition) is 18. The largest absolute Gasteiger partial charge is 0.483 e. The standard InChI is InChI=1S/C37H58N4O17/c38-6-8-49-10-11-50-12-13-51-14-15-52-16-17-53-18-19-54-20-21-55-22-23-57-25-30(43)29(42)24-56-9-7-39-33(45)26-58-31-3-1-2-27-34(31)37(48)41(36(27)47)28-4-5-32(44)40-35(28)46/h1-3,28-30,42-43H,4-26,38H2,(H,39,45)(H,40,44,46). The lowest BCUT2D eigenvalue weighted by Gasteiger charge is -2.27. The molecule has 0 saturated carbocycles. The van der Waals surface area contributed by atoms with Crippen molar-refractivity contribution in [3.8, 4) is 5.75 Å². The molecular formula is C37H58N4O17. The number of amides is 5. The van der Waals surface area contributed by atoms with Crippen LogP contribution < -0.4 is 21.1 Å². The fourth-order valence-electron chi connectivity index (χ4n) is 5.31. The number of nitrogens with zero attached hydrogens (tertiary/aromatic N) is 1. The molecule has 2 aliphatic rings. The second-order valence-electron chi connectivity index (χ2n) is 12.6. The summed E-state index contributed by atoms with van der Waals surface area (Å²) in [6.45, 7) is 6.12. The number of piperidine rings is 1. The van der Waals surface area contributed by atoms with Crippen LogP contribution in [0.5, 0.6) is 5.75 Å². The highest BCUT2D eigenvalue weighted by Crippen LogP contribution is 2.33. The Hall–Kier alpha value is -3.71. The average Bonchev–Trinajstić information content (AvgIpc) is 3.47. The molecule has 0 spiro atoms. The quantitative estimate of drug-likeness (QED) is 0.0347. The van der Waals surface area contributed by atoms with Gasteiger partial charge in [0, 0.05) is 19.5 Å². The van der Waals surface area contributed by atoms with Gasteiger partial charge in [-0.05, 0) is 18.6 Å². The molecular weight excluding hydrogens is 772 g/mol. The first kappa shape index (κ1) is 48.7. The maximum atomic E-state index is 13.1. The second kappa shape index (κ2) is 29.5. The Labute approximate surface area is 336 Å². The van der Waals surface area contributed by atoms with Gasteiger partial charge in [0.25, 0.3) is 17.7 Å². The molecule has 328 valence electrons. The maximum absolute atomic E-state index is 13.1. The molecule has 2 aliphatic heterocycles. The van der Waals surface area contributed by atoms with E-state index in [2.05, 4.69) is 10.6 Å². The molecule has 3 unspecified atom stereocenters. The van der Waals surface area contributed by atoms with Crippen LogP contribution in [0, 0.1) is 0 Å². The molecule has 1 saturated heterocycles. The predicted molar refractivity (Wildman–Crippen MR) is 200 cm³/mol. The molecule has 21 heteroatoms. The van der Waals surface area contributed by atoms with Gasteiger partial charge in [-0.3, -0.25) is 34.2 Å². The number of ether oxygens (including phenoxy) is 10. The highest BCUT2D eigenvalue weighted by Gasteiger charge is 2.46. The third-order valence-electron chi connectivity index (χ3n) is 8.24. The molecule has 21 nitrogen and oxygen atoms in total. The summed E-state index contributed by atoms with van der Waals surface area (Å²) in [6.07, 6.45) is -2.44. The summed E-state index contributed by atoms with van der Waals surface area (Å²) >= 11 is 0. The Kier molecular flexibility index (Phi) is 24.7. The van der Waals surface area contributed by atoms with Crippen LogP contribution >= 0.6 is 0 Å². The van der Waals surface area contributed by atoms with Gasteiger partial charge in [0.2, 0.25) is 11.8 Å². The van der Waals surface area contributed by atoms with E-state index in [0.717, 1.165) is 4.90 Å². The molecule has 5 amide bonds. The Morgan fingerprint density at radius 2 is 1.19 bits per heavy atom. The summed E-state index contributed by atoms with van der Waals surface area (Å²) in [5.74, 6) is -3.22. The van der Waals surface area contributed by atoms with E-state index in [0.29, 0.717) is 92.4 Å². The number of aliphatic hydroxyl groups excluding tert-OH is 2. The Morgan fingerprint density at radius 1 is 0.707 bits per heavy atom. The molecule has 1 aromatic rings. The monoisotopic (exact) mass is 830 g/mol. The van der Waals surface area contributed by atoms with Crippen molar-refractivity contribution in [1.82, 2.24) is 15.5 Å². The van der Waals surface area contributed by atoms with E-state index in [1.807, 2.05) is 0 Å². The first-order valence-corrected chi connectivity index (χ1v) is 19.2. The van der Waals surface area contributed by atoms with Crippen LogP contribution in [0.4, 0.5) is 0 Å². The molecule has 3 rings (SSSR count). The summed E-state index contributed by atoms with van der Waals surface area (Å²) in [7, 11) is 0. The zero-order valence-electron chi connectivity index (χ0n) is 32.8. The molecule has 0 aromatic heterocycles. The van der Waals surface area contributed by atoms with E-state index < -0.39 is 54.4 Å². The van der Waals surface area contributed by atoms with Gasteiger partial charge >= 0.3 is 0 Å². The normalized spacial score (nSPS) is 16.4. The Balaban J connectivity index is 1.09. The summed E-state index contributed by atoms with van der Waals surface area (Å²) in [5.41, 5.74) is 5.28. The van der Waals surface area contributed by atoms with Crippen LogP contribution in [0.1, 0.15) is 33.6 Å². The van der Waals surface area contributed by atoms with Crippen molar-refractivity contribution in [3.63, 3.8) is 0 Å². The third-order valence-corrected chi connectivity index (χ3v) is 8.24. The van der Waals surface area contributed by atoms with Gasteiger partial charge in [-0.25, -0.2) is 0 Å². The molecule has 58 heavy (non-hydrogen) atoms. The van der Waals surface area contributed by atoms with Crippen molar-refractivity contribution >= 4 is 29.5 Å². The van der Waals surface area contributed by atoms with Crippen molar-refractivity contribution < 1.29 is 81.6 Å². The van der Waals surface area contributed by atoms with E-state index in [1.54, 1.807) is 0 Å². The van der Waals surface area contributed by atoms with Gasteiger partial charge in [0.1, 0.15) is 24.0 Å². The Morgan fingerprint density at radius 3 is 1.69 bits per heavy atom. The van der Waals surface area contributed by atoms with Gasteiger partial charge in [-0.1, -0.05) is 6.07 Å². The van der Waals surface area contributed by atoms with Crippen LogP contribution in [-0.4, -0.2) is 202 Å². The molecule has 6 N–H and O–H groups in total. The molecule has 0 bridgehead atoms. The van der Waals surface area contributed by atoms with E-state index in [9.17, 15) is 34.2 Å². The molecule has 0 radical (unpaired) electrons. The van der Waals surface area contributed by atoms with Crippen molar-refractivity contribution in [3.05, 3.63) is 29.3 Å². The van der Waals surface area contributed by atoms with E-state index in [1.165, 1.54) is 18.2 Å². The van der Waals surface area contributed by atoms with Crippen molar-refractivity contribution in [2.45, 2.75) is 31.1 Å². The minimum atomic E-state index is -1.23. The summed E-state index contributed by atoms with van der Waals surface area (Å²) < 4.78 is 53.9. The van der Waals surface area contributed by atoms with E-state index >= 15 is 0 Å².